The van der Waals surface area contributed by atoms with Gasteiger partial charge in [-0.05, 0) is 56.2 Å². The largest absolute Gasteiger partial charge is 0.342 e. The number of nitrogens with zero attached hydrogens (tertiary/aromatic N) is 4. The summed E-state index contributed by atoms with van der Waals surface area (Å²) in [5.41, 5.74) is 1.59. The second-order valence-corrected chi connectivity index (χ2v) is 9.62. The molecule has 154 valence electrons. The molecule has 2 aliphatic rings. The fourth-order valence-electron chi connectivity index (χ4n) is 4.59. The fraction of sp³-hybridized carbons (Fsp3) is 0.500. The van der Waals surface area contributed by atoms with Crippen molar-refractivity contribution < 1.29 is 4.79 Å². The second kappa shape index (κ2) is 8.61. The van der Waals surface area contributed by atoms with E-state index in [9.17, 15) is 4.79 Å². The first-order chi connectivity index (χ1) is 14.1. The van der Waals surface area contributed by atoms with Gasteiger partial charge in [-0.25, -0.2) is 4.99 Å². The maximum atomic E-state index is 11.5. The number of piperidine rings is 1. The minimum Gasteiger partial charge on any atom is -0.342 e. The quantitative estimate of drug-likeness (QED) is 0.345. The summed E-state index contributed by atoms with van der Waals surface area (Å²) >= 11 is 1.67. The number of aromatic amines is 1. The molecular weight excluding hydrogens is 382 g/mol. The van der Waals surface area contributed by atoms with Gasteiger partial charge in [-0.1, -0.05) is 24.6 Å². The first kappa shape index (κ1) is 20.0. The normalized spacial score (nSPS) is 19.9. The van der Waals surface area contributed by atoms with Gasteiger partial charge >= 0.3 is 0 Å². The summed E-state index contributed by atoms with van der Waals surface area (Å²) in [6.45, 7) is 4.01. The van der Waals surface area contributed by atoms with E-state index in [1.807, 2.05) is 18.5 Å². The van der Waals surface area contributed by atoms with E-state index in [4.69, 9.17) is 4.99 Å². The lowest BCUT2D eigenvalue weighted by Crippen LogP contribution is -2.47. The van der Waals surface area contributed by atoms with Crippen LogP contribution in [0.4, 0.5) is 0 Å². The lowest BCUT2D eigenvalue weighted by molar-refractivity contribution is -0.114. The Morgan fingerprint density at radius 1 is 1.28 bits per heavy atom. The van der Waals surface area contributed by atoms with Crippen LogP contribution in [0.5, 0.6) is 0 Å². The monoisotopic (exact) mass is 411 g/mol. The number of amides is 1. The minimum atomic E-state index is 0.550. The highest BCUT2D eigenvalue weighted by Crippen LogP contribution is 2.46. The zero-order valence-electron chi connectivity index (χ0n) is 17.2. The van der Waals surface area contributed by atoms with Crippen LogP contribution >= 0.6 is 11.8 Å². The number of aromatic nitrogens is 2. The standard InChI is InChI=1S/C22H29N5OS/c1-17(29-19-5-6-20-18(13-19)15-24-25-20)14-23-21(26(2)16-28)27-11-9-22(10-12-27)7-3-4-8-22/h5-6,13-16H,3-4,7-12H2,1-2H3,(H,24,25)/b17-14+,23-21?. The molecule has 0 radical (unpaired) electrons. The highest BCUT2D eigenvalue weighted by Gasteiger charge is 2.37. The molecule has 1 aromatic carbocycles. The molecule has 1 saturated heterocycles. The van der Waals surface area contributed by atoms with Crippen molar-refractivity contribution >= 4 is 35.0 Å². The molecule has 0 bridgehead atoms. The zero-order valence-corrected chi connectivity index (χ0v) is 18.0. The number of thioether (sulfide) groups is 1. The Hall–Kier alpha value is -2.28. The number of carbonyl (C=O) groups is 1. The van der Waals surface area contributed by atoms with Crippen molar-refractivity contribution in [3.05, 3.63) is 35.5 Å². The maximum absolute atomic E-state index is 11.5. The van der Waals surface area contributed by atoms with Gasteiger partial charge in [0.05, 0.1) is 11.7 Å². The number of allylic oxidation sites excluding steroid dienone is 1. The van der Waals surface area contributed by atoms with Gasteiger partial charge in [-0.3, -0.25) is 14.8 Å². The number of benzene rings is 1. The summed E-state index contributed by atoms with van der Waals surface area (Å²) in [6.07, 6.45) is 12.5. The van der Waals surface area contributed by atoms with Gasteiger partial charge < -0.3 is 4.90 Å². The van der Waals surface area contributed by atoms with Crippen molar-refractivity contribution in [1.29, 1.82) is 0 Å². The molecule has 4 rings (SSSR count). The average molecular weight is 412 g/mol. The van der Waals surface area contributed by atoms with Gasteiger partial charge in [-0.2, -0.15) is 5.10 Å². The lowest BCUT2D eigenvalue weighted by atomic mass is 9.77. The predicted molar refractivity (Wildman–Crippen MR) is 119 cm³/mol. The molecule has 1 amide bonds. The van der Waals surface area contributed by atoms with Crippen LogP contribution in [0.25, 0.3) is 10.9 Å². The zero-order chi connectivity index (χ0) is 20.3. The molecular formula is C22H29N5OS. The van der Waals surface area contributed by atoms with Crippen LogP contribution in [0.1, 0.15) is 45.4 Å². The van der Waals surface area contributed by atoms with Gasteiger partial charge in [0.2, 0.25) is 12.4 Å². The van der Waals surface area contributed by atoms with Crippen LogP contribution < -0.4 is 0 Å². The van der Waals surface area contributed by atoms with Crippen LogP contribution in [-0.4, -0.2) is 52.5 Å². The van der Waals surface area contributed by atoms with Gasteiger partial charge in [0.1, 0.15) is 0 Å². The molecule has 1 aromatic heterocycles. The van der Waals surface area contributed by atoms with E-state index in [1.165, 1.54) is 38.5 Å². The number of hydrogen-bond acceptors (Lipinski definition) is 4. The molecule has 0 atom stereocenters. The predicted octanol–water partition coefficient (Wildman–Crippen LogP) is 4.62. The number of fused-ring (bicyclic) bond motifs is 1. The van der Waals surface area contributed by atoms with Crippen molar-refractivity contribution in [1.82, 2.24) is 20.0 Å². The second-order valence-electron chi connectivity index (χ2n) is 8.30. The summed E-state index contributed by atoms with van der Waals surface area (Å²) in [7, 11) is 1.79. The van der Waals surface area contributed by atoms with Gasteiger partial charge in [0.25, 0.3) is 0 Å². The molecule has 0 unspecified atom stereocenters. The topological polar surface area (TPSA) is 64.6 Å². The Morgan fingerprint density at radius 2 is 2.03 bits per heavy atom. The molecule has 2 fully saturated rings. The fourth-order valence-corrected chi connectivity index (χ4v) is 5.39. The van der Waals surface area contributed by atoms with Crippen molar-refractivity contribution in [2.24, 2.45) is 10.4 Å². The SMILES string of the molecule is C/C(=C\N=C(N(C)C=O)N1CCC2(CCCC2)CC1)Sc1ccc2[nH]ncc2c1. The van der Waals surface area contributed by atoms with E-state index in [1.54, 1.807) is 23.7 Å². The minimum absolute atomic E-state index is 0.550. The number of H-pyrrole nitrogens is 1. The Labute approximate surface area is 176 Å². The van der Waals surface area contributed by atoms with Gasteiger partial charge in [0, 0.05) is 41.5 Å². The van der Waals surface area contributed by atoms with Crippen LogP contribution in [0.15, 0.2) is 45.4 Å². The number of guanidine groups is 1. The number of likely N-dealkylation sites (tertiary alicyclic amines) is 1. The summed E-state index contributed by atoms with van der Waals surface area (Å²) in [5, 5.41) is 8.15. The third-order valence-electron chi connectivity index (χ3n) is 6.30. The summed E-state index contributed by atoms with van der Waals surface area (Å²) < 4.78 is 0. The highest BCUT2D eigenvalue weighted by molar-refractivity contribution is 8.03. The first-order valence-electron chi connectivity index (χ1n) is 10.4. The van der Waals surface area contributed by atoms with E-state index in [0.717, 1.165) is 46.2 Å². The molecule has 1 saturated carbocycles. The van der Waals surface area contributed by atoms with Crippen LogP contribution in [0, 0.1) is 5.41 Å². The maximum Gasteiger partial charge on any atom is 0.216 e. The molecule has 1 spiro atoms. The van der Waals surface area contributed by atoms with Crippen molar-refractivity contribution in [3.63, 3.8) is 0 Å². The molecule has 2 aromatic rings. The molecule has 2 heterocycles. The number of hydrogen-bond donors (Lipinski definition) is 1. The Kier molecular flexibility index (Phi) is 5.94. The van der Waals surface area contributed by atoms with E-state index >= 15 is 0 Å². The smallest absolute Gasteiger partial charge is 0.216 e. The molecule has 1 aliphatic heterocycles. The van der Waals surface area contributed by atoms with E-state index in [0.29, 0.717) is 5.41 Å². The highest BCUT2D eigenvalue weighted by atomic mass is 32.2. The summed E-state index contributed by atoms with van der Waals surface area (Å²) in [6, 6.07) is 6.24. The number of carbonyl (C=O) groups excluding carboxylic acids is 1. The average Bonchev–Trinajstić information content (AvgIpc) is 3.38. The molecule has 29 heavy (non-hydrogen) atoms. The number of rotatable bonds is 4. The van der Waals surface area contributed by atoms with Gasteiger partial charge in [-0.15, -0.1) is 0 Å². The summed E-state index contributed by atoms with van der Waals surface area (Å²) in [4.78, 5) is 22.3. The molecule has 1 N–H and O–H groups in total. The van der Waals surface area contributed by atoms with E-state index in [2.05, 4.69) is 34.2 Å². The van der Waals surface area contributed by atoms with Crippen molar-refractivity contribution in [2.75, 3.05) is 20.1 Å². The number of nitrogens with one attached hydrogen (secondary N) is 1. The molecule has 6 nitrogen and oxygen atoms in total. The van der Waals surface area contributed by atoms with Crippen LogP contribution in [-0.2, 0) is 4.79 Å². The van der Waals surface area contributed by atoms with Crippen LogP contribution in [0.3, 0.4) is 0 Å². The Morgan fingerprint density at radius 3 is 2.76 bits per heavy atom. The van der Waals surface area contributed by atoms with Crippen LogP contribution in [0.2, 0.25) is 0 Å². The number of aliphatic imine (C=N–C) groups is 1. The summed E-state index contributed by atoms with van der Waals surface area (Å²) in [5.74, 6) is 0.748. The Bertz CT molecular complexity index is 918. The van der Waals surface area contributed by atoms with Crippen molar-refractivity contribution in [2.45, 2.75) is 50.3 Å². The Balaban J connectivity index is 1.46. The van der Waals surface area contributed by atoms with E-state index in [-0.39, 0.29) is 0 Å². The molecule has 1 aliphatic carbocycles. The van der Waals surface area contributed by atoms with Crippen molar-refractivity contribution in [3.8, 4) is 0 Å². The van der Waals surface area contributed by atoms with E-state index < -0.39 is 0 Å². The third-order valence-corrected chi connectivity index (χ3v) is 7.21. The lowest BCUT2D eigenvalue weighted by Gasteiger charge is -2.41. The first-order valence-corrected chi connectivity index (χ1v) is 11.2. The third kappa shape index (κ3) is 4.50. The molecule has 7 heteroatoms. The van der Waals surface area contributed by atoms with Gasteiger partial charge in [0.15, 0.2) is 0 Å².